The molecule has 7 fully saturated rings. The molecule has 6 aliphatic carbocycles. The lowest BCUT2D eigenvalue weighted by atomic mass is 9.74. The zero-order chi connectivity index (χ0) is 31.9. The molecule has 7 aliphatic rings. The molecule has 44 heavy (non-hydrogen) atoms. The third-order valence-corrected chi connectivity index (χ3v) is 14.2. The number of fused-ring (bicyclic) bond motifs is 4. The van der Waals surface area contributed by atoms with Crippen molar-refractivity contribution >= 4 is 23.9 Å². The van der Waals surface area contributed by atoms with Crippen LogP contribution in [-0.4, -0.2) is 34.6 Å². The minimum absolute atomic E-state index is 0.0267. The van der Waals surface area contributed by atoms with E-state index in [2.05, 4.69) is 32.4 Å². The minimum atomic E-state index is -0.568. The van der Waals surface area contributed by atoms with Crippen LogP contribution in [0.2, 0.25) is 0 Å². The number of carboxylic acid groups (broad SMARTS) is 1. The van der Waals surface area contributed by atoms with Gasteiger partial charge in [-0.3, -0.25) is 19.2 Å². The van der Waals surface area contributed by atoms with Gasteiger partial charge in [-0.2, -0.15) is 0 Å². The second kappa shape index (κ2) is 13.4. The Hall–Kier alpha value is -1.92. The average Bonchev–Trinajstić information content (AvgIpc) is 3.86. The van der Waals surface area contributed by atoms with E-state index in [1.165, 1.54) is 57.8 Å². The molecule has 1 aliphatic heterocycles. The number of cyclic esters (lactones) is 2. The molecule has 4 bridgehead atoms. The van der Waals surface area contributed by atoms with Gasteiger partial charge in [0.15, 0.2) is 0 Å². The predicted octanol–water partition coefficient (Wildman–Crippen LogP) is 7.69. The van der Waals surface area contributed by atoms with E-state index in [1.807, 2.05) is 0 Å². The largest absolute Gasteiger partial charge is 0.481 e. The predicted molar refractivity (Wildman–Crippen MR) is 167 cm³/mol. The van der Waals surface area contributed by atoms with Gasteiger partial charge in [0.05, 0.1) is 23.7 Å². The molecule has 0 spiro atoms. The molecule has 12 atom stereocenters. The fourth-order valence-electron chi connectivity index (χ4n) is 10.6. The van der Waals surface area contributed by atoms with Gasteiger partial charge in [-0.1, -0.05) is 60.8 Å². The molecule has 0 aromatic rings. The van der Waals surface area contributed by atoms with Crippen molar-refractivity contribution in [3.8, 4) is 0 Å². The molecule has 1 saturated heterocycles. The highest BCUT2D eigenvalue weighted by molar-refractivity contribution is 5.95. The van der Waals surface area contributed by atoms with Crippen molar-refractivity contribution in [2.75, 3.05) is 0 Å². The third kappa shape index (κ3) is 6.36. The van der Waals surface area contributed by atoms with Gasteiger partial charge in [0, 0.05) is 0 Å². The van der Waals surface area contributed by atoms with Gasteiger partial charge >= 0.3 is 23.9 Å². The van der Waals surface area contributed by atoms with Crippen LogP contribution in [0.4, 0.5) is 0 Å². The molecule has 248 valence electrons. The second-order valence-electron chi connectivity index (χ2n) is 16.1. The maximum Gasteiger partial charge on any atom is 0.317 e. The van der Waals surface area contributed by atoms with Gasteiger partial charge in [-0.15, -0.1) is 0 Å². The molecular weight excluding hydrogens is 556 g/mol. The number of hydrogen-bond donors (Lipinski definition) is 1. The Morgan fingerprint density at radius 3 is 1.57 bits per heavy atom. The summed E-state index contributed by atoms with van der Waals surface area (Å²) in [6.07, 6.45) is 15.9. The number of carboxylic acids is 1. The molecule has 1 N–H and O–H groups in total. The summed E-state index contributed by atoms with van der Waals surface area (Å²) in [5.41, 5.74) is -0.0752. The Labute approximate surface area is 265 Å². The lowest BCUT2D eigenvalue weighted by Crippen LogP contribution is -2.44. The first kappa shape index (κ1) is 33.4. The molecule has 0 amide bonds. The first-order valence-electron chi connectivity index (χ1n) is 18.1. The summed E-state index contributed by atoms with van der Waals surface area (Å²) in [6, 6.07) is 0. The fraction of sp³-hybridized carbons (Fsp3) is 0.892. The van der Waals surface area contributed by atoms with E-state index in [9.17, 15) is 19.2 Å². The molecule has 0 aromatic carbocycles. The van der Waals surface area contributed by atoms with Crippen LogP contribution < -0.4 is 0 Å². The smallest absolute Gasteiger partial charge is 0.317 e. The topological polar surface area (TPSA) is 107 Å². The van der Waals surface area contributed by atoms with Crippen molar-refractivity contribution in [2.45, 2.75) is 131 Å². The van der Waals surface area contributed by atoms with Crippen LogP contribution >= 0.6 is 0 Å². The lowest BCUT2D eigenvalue weighted by Gasteiger charge is -2.41. The van der Waals surface area contributed by atoms with Crippen molar-refractivity contribution in [3.05, 3.63) is 0 Å². The maximum atomic E-state index is 13.1. The van der Waals surface area contributed by atoms with E-state index in [1.54, 1.807) is 13.8 Å². The Kier molecular flexibility index (Phi) is 10.2. The van der Waals surface area contributed by atoms with Gasteiger partial charge in [0.1, 0.15) is 5.60 Å². The number of hydrogen-bond acceptors (Lipinski definition) is 6. The van der Waals surface area contributed by atoms with Crippen molar-refractivity contribution in [3.63, 3.8) is 0 Å². The molecule has 1 heterocycles. The Balaban J connectivity index is 0.000000152. The molecule has 0 radical (unpaired) electrons. The van der Waals surface area contributed by atoms with Gasteiger partial charge in [0.2, 0.25) is 0 Å². The van der Waals surface area contributed by atoms with Gasteiger partial charge in [-0.25, -0.2) is 0 Å². The molecule has 7 nitrogen and oxygen atoms in total. The third-order valence-electron chi connectivity index (χ3n) is 14.2. The number of carbonyl (C=O) groups is 4. The molecule has 0 aromatic heterocycles. The molecular formula is C37H58O7. The number of esters is 3. The summed E-state index contributed by atoms with van der Waals surface area (Å²) in [5, 5.41) is 8.94. The average molecular weight is 615 g/mol. The highest BCUT2D eigenvalue weighted by Crippen LogP contribution is 2.57. The normalized spacial score (nSPS) is 43.6. The monoisotopic (exact) mass is 614 g/mol. The molecule has 12 unspecified atom stereocenters. The number of aliphatic carboxylic acids is 1. The zero-order valence-corrected chi connectivity index (χ0v) is 28.1. The van der Waals surface area contributed by atoms with Gasteiger partial charge < -0.3 is 14.6 Å². The van der Waals surface area contributed by atoms with Crippen LogP contribution in [0.25, 0.3) is 0 Å². The van der Waals surface area contributed by atoms with E-state index in [-0.39, 0.29) is 35.2 Å². The Morgan fingerprint density at radius 1 is 0.682 bits per heavy atom. The summed E-state index contributed by atoms with van der Waals surface area (Å²) in [6.45, 7) is 12.6. The minimum Gasteiger partial charge on any atom is -0.481 e. The summed E-state index contributed by atoms with van der Waals surface area (Å²) < 4.78 is 10.7. The zero-order valence-electron chi connectivity index (χ0n) is 28.1. The summed E-state index contributed by atoms with van der Waals surface area (Å²) >= 11 is 0. The van der Waals surface area contributed by atoms with Crippen molar-refractivity contribution < 1.29 is 33.8 Å². The van der Waals surface area contributed by atoms with E-state index in [0.29, 0.717) is 35.5 Å². The SMILES string of the molecule is CC1C(=O)OC(=O)C1C.CC1C2CC(C(=O)O)C(C2)C1C.CC1C2CC(C(=O)OC3(C4CCCCC4)CCCC3)C(C2)C1C. The molecule has 7 rings (SSSR count). The van der Waals surface area contributed by atoms with E-state index in [0.717, 1.165) is 43.4 Å². The van der Waals surface area contributed by atoms with Crippen molar-refractivity contribution in [2.24, 2.45) is 76.9 Å². The Bertz CT molecular complexity index is 1050. The second-order valence-corrected chi connectivity index (χ2v) is 16.1. The quantitative estimate of drug-likeness (QED) is 0.255. The van der Waals surface area contributed by atoms with Crippen LogP contribution in [0.1, 0.15) is 125 Å². The van der Waals surface area contributed by atoms with Gasteiger partial charge in [-0.05, 0) is 117 Å². The van der Waals surface area contributed by atoms with Crippen LogP contribution in [0.3, 0.4) is 0 Å². The van der Waals surface area contributed by atoms with Crippen LogP contribution in [0.5, 0.6) is 0 Å². The first-order chi connectivity index (χ1) is 20.8. The number of carbonyl (C=O) groups excluding carboxylic acids is 3. The highest BCUT2D eigenvalue weighted by atomic mass is 16.6. The highest BCUT2D eigenvalue weighted by Gasteiger charge is 2.54. The van der Waals surface area contributed by atoms with Gasteiger partial charge in [0.25, 0.3) is 0 Å². The van der Waals surface area contributed by atoms with Crippen molar-refractivity contribution in [1.29, 1.82) is 0 Å². The van der Waals surface area contributed by atoms with E-state index >= 15 is 0 Å². The Morgan fingerprint density at radius 2 is 1.16 bits per heavy atom. The van der Waals surface area contributed by atoms with Crippen LogP contribution in [-0.2, 0) is 28.7 Å². The van der Waals surface area contributed by atoms with Crippen LogP contribution in [0, 0.1) is 76.9 Å². The van der Waals surface area contributed by atoms with Crippen LogP contribution in [0.15, 0.2) is 0 Å². The summed E-state index contributed by atoms with van der Waals surface area (Å²) in [5.74, 6) is 4.62. The number of ether oxygens (including phenoxy) is 2. The number of rotatable bonds is 4. The molecule has 6 saturated carbocycles. The van der Waals surface area contributed by atoms with E-state index in [4.69, 9.17) is 9.84 Å². The first-order valence-corrected chi connectivity index (χ1v) is 18.1. The summed E-state index contributed by atoms with van der Waals surface area (Å²) in [7, 11) is 0. The summed E-state index contributed by atoms with van der Waals surface area (Å²) in [4.78, 5) is 45.0. The lowest BCUT2D eigenvalue weighted by molar-refractivity contribution is -0.175. The standard InChI is InChI=1S/C21H34O2.C10H16O2.C6H8O3/c1-14-15(2)18-12-16(14)13-19(18)20(22)23-21(10-6-7-11-21)17-8-4-3-5-9-17;1-5-6(2)8-3-7(5)4-9(8)10(11)12;1-3-4(2)6(8)9-5(3)7/h14-19H,3-13H2,1-2H3;5-9H,3-4H2,1-2H3,(H,11,12);3-4H,1-2H3. The van der Waals surface area contributed by atoms with Crippen molar-refractivity contribution in [1.82, 2.24) is 0 Å². The fourth-order valence-corrected chi connectivity index (χ4v) is 10.6. The van der Waals surface area contributed by atoms with E-state index < -0.39 is 17.9 Å². The molecule has 7 heteroatoms. The maximum absolute atomic E-state index is 13.1.